The smallest absolute Gasteiger partial charge is 0.298 e. The van der Waals surface area contributed by atoms with Gasteiger partial charge in [-0.25, -0.2) is 0 Å². The molecule has 0 aromatic carbocycles. The molecule has 1 aliphatic rings. The summed E-state index contributed by atoms with van der Waals surface area (Å²) in [5, 5.41) is 1.76. The zero-order valence-corrected chi connectivity index (χ0v) is 4.88. The van der Waals surface area contributed by atoms with Crippen molar-refractivity contribution in [1.82, 2.24) is 5.32 Å². The Morgan fingerprint density at radius 3 is 2.30 bits per heavy atom. The predicted octanol–water partition coefficient (Wildman–Crippen LogP) is -1.95. The average Bonchev–Trinajstić information content (AvgIpc) is 1.84. The lowest BCUT2D eigenvalue weighted by molar-refractivity contribution is -0.139. The molecule has 1 aliphatic heterocycles. The van der Waals surface area contributed by atoms with Crippen LogP contribution in [0.25, 0.3) is 0 Å². The molecule has 0 atom stereocenters. The van der Waals surface area contributed by atoms with E-state index < -0.39 is 17.6 Å². The van der Waals surface area contributed by atoms with Crippen molar-refractivity contribution in [3.63, 3.8) is 0 Å². The first-order chi connectivity index (χ1) is 4.61. The van der Waals surface area contributed by atoms with Gasteiger partial charge in [-0.05, 0) is 0 Å². The van der Waals surface area contributed by atoms with Gasteiger partial charge in [-0.3, -0.25) is 19.7 Å². The van der Waals surface area contributed by atoms with Crippen molar-refractivity contribution in [3.05, 3.63) is 11.8 Å². The molecule has 10 heavy (non-hydrogen) atoms. The molecule has 2 amide bonds. The highest BCUT2D eigenvalue weighted by Crippen LogP contribution is 1.92. The third-order valence-corrected chi connectivity index (χ3v) is 1.000. The Bertz CT molecular complexity index is 254. The Morgan fingerprint density at radius 2 is 1.80 bits per heavy atom. The maximum absolute atomic E-state index is 10.5. The third kappa shape index (κ3) is 0.883. The lowest BCUT2D eigenvalue weighted by atomic mass is 10.2. The first-order valence-corrected chi connectivity index (χ1v) is 2.48. The van der Waals surface area contributed by atoms with Crippen molar-refractivity contribution < 1.29 is 14.4 Å². The minimum absolute atomic E-state index is 0.232. The highest BCUT2D eigenvalue weighted by atomic mass is 16.2. The SMILES string of the molecule is NC1=CC(=O)C(=O)NC1=O. The molecule has 1 heterocycles. The van der Waals surface area contributed by atoms with Crippen LogP contribution in [0.1, 0.15) is 0 Å². The summed E-state index contributed by atoms with van der Waals surface area (Å²) in [6, 6.07) is 0. The molecule has 52 valence electrons. The molecule has 0 fully saturated rings. The second-order valence-corrected chi connectivity index (χ2v) is 1.75. The number of nitrogens with one attached hydrogen (secondary N) is 1. The summed E-state index contributed by atoms with van der Waals surface area (Å²) in [5.41, 5.74) is 4.78. The Kier molecular flexibility index (Phi) is 1.26. The maximum atomic E-state index is 10.5. The molecule has 3 N–H and O–H groups in total. The second-order valence-electron chi connectivity index (χ2n) is 1.75. The summed E-state index contributed by atoms with van der Waals surface area (Å²) in [6.07, 6.45) is 0.807. The quantitative estimate of drug-likeness (QED) is 0.302. The molecular formula is C5H4N2O3. The number of hydrogen-bond donors (Lipinski definition) is 2. The zero-order chi connectivity index (χ0) is 7.72. The highest BCUT2D eigenvalue weighted by molar-refractivity contribution is 6.46. The number of amides is 2. The van der Waals surface area contributed by atoms with E-state index in [1.54, 1.807) is 5.32 Å². The molecule has 5 heteroatoms. The Morgan fingerprint density at radius 1 is 1.20 bits per heavy atom. The van der Waals surface area contributed by atoms with Crippen LogP contribution < -0.4 is 11.1 Å². The molecule has 0 aromatic rings. The number of rotatable bonds is 0. The molecule has 0 radical (unpaired) electrons. The second kappa shape index (κ2) is 1.94. The van der Waals surface area contributed by atoms with Crippen LogP contribution in [0, 0.1) is 0 Å². The van der Waals surface area contributed by atoms with Gasteiger partial charge in [0.05, 0.1) is 0 Å². The lowest BCUT2D eigenvalue weighted by Gasteiger charge is -2.05. The van der Waals surface area contributed by atoms with Gasteiger partial charge in [-0.1, -0.05) is 0 Å². The molecule has 0 spiro atoms. The fourth-order valence-corrected chi connectivity index (χ4v) is 0.509. The number of imide groups is 1. The lowest BCUT2D eigenvalue weighted by Crippen LogP contribution is -2.42. The van der Waals surface area contributed by atoms with Crippen LogP contribution >= 0.6 is 0 Å². The number of nitrogens with two attached hydrogens (primary N) is 1. The van der Waals surface area contributed by atoms with Crippen LogP contribution in [-0.2, 0) is 14.4 Å². The van der Waals surface area contributed by atoms with Crippen LogP contribution in [0.2, 0.25) is 0 Å². The van der Waals surface area contributed by atoms with E-state index in [0.717, 1.165) is 6.08 Å². The normalized spacial score (nSPS) is 18.4. The van der Waals surface area contributed by atoms with Gasteiger partial charge in [0.15, 0.2) is 0 Å². The van der Waals surface area contributed by atoms with Crippen molar-refractivity contribution in [3.8, 4) is 0 Å². The molecule has 0 saturated carbocycles. The third-order valence-electron chi connectivity index (χ3n) is 1.000. The number of carbonyl (C=O) groups is 3. The largest absolute Gasteiger partial charge is 0.394 e. The Balaban J connectivity index is 3.01. The molecule has 0 unspecified atom stereocenters. The fraction of sp³-hybridized carbons (Fsp3) is 0. The average molecular weight is 140 g/mol. The number of carbonyl (C=O) groups excluding carboxylic acids is 3. The maximum Gasteiger partial charge on any atom is 0.298 e. The first kappa shape index (κ1) is 6.47. The highest BCUT2D eigenvalue weighted by Gasteiger charge is 2.22. The first-order valence-electron chi connectivity index (χ1n) is 2.48. The van der Waals surface area contributed by atoms with Gasteiger partial charge in [0.1, 0.15) is 5.70 Å². The summed E-state index contributed by atoms with van der Waals surface area (Å²) in [6.45, 7) is 0. The number of hydrogen-bond acceptors (Lipinski definition) is 4. The van der Waals surface area contributed by atoms with E-state index in [-0.39, 0.29) is 5.70 Å². The van der Waals surface area contributed by atoms with Gasteiger partial charge in [0.2, 0.25) is 5.78 Å². The molecule has 0 bridgehead atoms. The van der Waals surface area contributed by atoms with Gasteiger partial charge in [-0.15, -0.1) is 0 Å². The molecule has 0 aromatic heterocycles. The molecule has 0 aliphatic carbocycles. The van der Waals surface area contributed by atoms with E-state index in [0.29, 0.717) is 0 Å². The number of ketones is 1. The standard InChI is InChI=1S/C5H4N2O3/c6-2-1-3(8)5(10)7-4(2)9/h1H,6H2,(H,7,9,10). The molecule has 0 saturated heterocycles. The van der Waals surface area contributed by atoms with E-state index in [4.69, 9.17) is 5.73 Å². The van der Waals surface area contributed by atoms with Crippen molar-refractivity contribution in [2.24, 2.45) is 5.73 Å². The van der Waals surface area contributed by atoms with Crippen LogP contribution in [0.5, 0.6) is 0 Å². The monoisotopic (exact) mass is 140 g/mol. The van der Waals surface area contributed by atoms with Gasteiger partial charge in [0, 0.05) is 6.08 Å². The fourth-order valence-electron chi connectivity index (χ4n) is 0.509. The predicted molar refractivity (Wildman–Crippen MR) is 30.4 cm³/mol. The van der Waals surface area contributed by atoms with Crippen LogP contribution in [0.4, 0.5) is 0 Å². The van der Waals surface area contributed by atoms with Crippen molar-refractivity contribution in [2.75, 3.05) is 0 Å². The summed E-state index contributed by atoms with van der Waals surface area (Å²) in [5.74, 6) is -2.44. The summed E-state index contributed by atoms with van der Waals surface area (Å²) >= 11 is 0. The van der Waals surface area contributed by atoms with E-state index in [1.807, 2.05) is 0 Å². The Labute approximate surface area is 55.9 Å². The van der Waals surface area contributed by atoms with Gasteiger partial charge < -0.3 is 5.73 Å². The molecule has 5 nitrogen and oxygen atoms in total. The van der Waals surface area contributed by atoms with Crippen molar-refractivity contribution in [1.29, 1.82) is 0 Å². The van der Waals surface area contributed by atoms with E-state index in [9.17, 15) is 14.4 Å². The summed E-state index contributed by atoms with van der Waals surface area (Å²) in [7, 11) is 0. The molecular weight excluding hydrogens is 136 g/mol. The minimum atomic E-state index is -0.931. The van der Waals surface area contributed by atoms with E-state index in [1.165, 1.54) is 0 Å². The van der Waals surface area contributed by atoms with E-state index in [2.05, 4.69) is 0 Å². The van der Waals surface area contributed by atoms with Crippen LogP contribution in [-0.4, -0.2) is 17.6 Å². The van der Waals surface area contributed by atoms with Crippen molar-refractivity contribution >= 4 is 17.6 Å². The zero-order valence-electron chi connectivity index (χ0n) is 4.88. The van der Waals surface area contributed by atoms with Crippen LogP contribution in [0.15, 0.2) is 11.8 Å². The van der Waals surface area contributed by atoms with Crippen LogP contribution in [0.3, 0.4) is 0 Å². The van der Waals surface area contributed by atoms with Gasteiger partial charge in [0.25, 0.3) is 11.8 Å². The van der Waals surface area contributed by atoms with E-state index >= 15 is 0 Å². The topological polar surface area (TPSA) is 89.3 Å². The van der Waals surface area contributed by atoms with Gasteiger partial charge >= 0.3 is 0 Å². The molecule has 1 rings (SSSR count). The van der Waals surface area contributed by atoms with Crippen molar-refractivity contribution in [2.45, 2.75) is 0 Å². The summed E-state index contributed by atoms with van der Waals surface area (Å²) in [4.78, 5) is 31.3. The Hall–Kier alpha value is -1.65. The minimum Gasteiger partial charge on any atom is -0.394 e. The van der Waals surface area contributed by atoms with Gasteiger partial charge in [-0.2, -0.15) is 0 Å². The summed E-state index contributed by atoms with van der Waals surface area (Å²) < 4.78 is 0.